The minimum absolute atomic E-state index is 0.212. The average Bonchev–Trinajstić information content (AvgIpc) is 3.00. The van der Waals surface area contributed by atoms with E-state index in [2.05, 4.69) is 15.9 Å². The number of ether oxygens (including phenoxy) is 2. The zero-order valence-electron chi connectivity index (χ0n) is 13.2. The summed E-state index contributed by atoms with van der Waals surface area (Å²) in [6.07, 6.45) is 0. The third-order valence-corrected chi connectivity index (χ3v) is 4.70. The van der Waals surface area contributed by atoms with Crippen LogP contribution in [0.3, 0.4) is 0 Å². The van der Waals surface area contributed by atoms with Crippen molar-refractivity contribution in [2.75, 3.05) is 20.7 Å². The first-order valence-electron chi connectivity index (χ1n) is 6.85. The highest BCUT2D eigenvalue weighted by Gasteiger charge is 2.22. The van der Waals surface area contributed by atoms with E-state index in [0.717, 1.165) is 9.85 Å². The predicted molar refractivity (Wildman–Crippen MR) is 94.3 cm³/mol. The summed E-state index contributed by atoms with van der Waals surface area (Å²) in [5.74, 6) is -1.09. The Bertz CT molecular complexity index is 822. The molecule has 1 aromatic heterocycles. The van der Waals surface area contributed by atoms with Crippen LogP contribution >= 0.6 is 27.3 Å². The molecule has 0 aliphatic rings. The molecule has 0 radical (unpaired) electrons. The molecular weight excluding hydrogens is 416 g/mol. The van der Waals surface area contributed by atoms with Gasteiger partial charge in [-0.15, -0.1) is 11.3 Å². The number of nitrogens with zero attached hydrogens (tertiary/aromatic N) is 2. The molecule has 2 aromatic rings. The maximum Gasteiger partial charge on any atom is 0.331 e. The minimum atomic E-state index is -0.792. The molecule has 25 heavy (non-hydrogen) atoms. The van der Waals surface area contributed by atoms with Crippen molar-refractivity contribution in [1.82, 2.24) is 4.90 Å². The van der Waals surface area contributed by atoms with Crippen LogP contribution in [0.4, 0.5) is 5.69 Å². The summed E-state index contributed by atoms with van der Waals surface area (Å²) < 4.78 is 10.7. The number of nitro benzene ring substituents is 1. The standard InChI is InChI=1S/C15H13BrN2O6S/c1-17(15(20)12-5-6-13(16)25-12)8-14(19)24-11-4-3-9(23-2)7-10(11)18(21)22/h3-7H,8H2,1-2H3. The number of rotatable bonds is 6. The molecule has 0 unspecified atom stereocenters. The van der Waals surface area contributed by atoms with Crippen molar-refractivity contribution in [2.24, 2.45) is 0 Å². The Balaban J connectivity index is 2.07. The number of methoxy groups -OCH3 is 1. The van der Waals surface area contributed by atoms with Crippen LogP contribution in [-0.4, -0.2) is 42.4 Å². The number of likely N-dealkylation sites (N-methyl/N-ethyl adjacent to an activating group) is 1. The monoisotopic (exact) mass is 428 g/mol. The van der Waals surface area contributed by atoms with E-state index in [9.17, 15) is 19.7 Å². The summed E-state index contributed by atoms with van der Waals surface area (Å²) in [5.41, 5.74) is -0.399. The van der Waals surface area contributed by atoms with Crippen LogP contribution in [0.2, 0.25) is 0 Å². The van der Waals surface area contributed by atoms with Gasteiger partial charge in [0.25, 0.3) is 5.91 Å². The summed E-state index contributed by atoms with van der Waals surface area (Å²) in [6.45, 7) is -0.350. The van der Waals surface area contributed by atoms with Gasteiger partial charge in [0.1, 0.15) is 12.3 Å². The second kappa shape index (κ2) is 8.08. The van der Waals surface area contributed by atoms with Gasteiger partial charge in [-0.1, -0.05) is 0 Å². The van der Waals surface area contributed by atoms with Gasteiger partial charge < -0.3 is 14.4 Å². The fourth-order valence-electron chi connectivity index (χ4n) is 1.89. The second-order valence-electron chi connectivity index (χ2n) is 4.83. The van der Waals surface area contributed by atoms with Crippen LogP contribution in [0.5, 0.6) is 11.5 Å². The number of nitro groups is 1. The first-order chi connectivity index (χ1) is 11.8. The number of carbonyl (C=O) groups excluding carboxylic acids is 2. The lowest BCUT2D eigenvalue weighted by Gasteiger charge is -2.15. The number of hydrogen-bond donors (Lipinski definition) is 0. The fourth-order valence-corrected chi connectivity index (χ4v) is 3.27. The van der Waals surface area contributed by atoms with Crippen molar-refractivity contribution in [2.45, 2.75) is 0 Å². The van der Waals surface area contributed by atoms with E-state index < -0.39 is 16.6 Å². The zero-order chi connectivity index (χ0) is 18.6. The van der Waals surface area contributed by atoms with Crippen LogP contribution in [0.1, 0.15) is 9.67 Å². The summed E-state index contributed by atoms with van der Waals surface area (Å²) in [4.78, 5) is 36.2. The smallest absolute Gasteiger partial charge is 0.331 e. The molecule has 0 aliphatic heterocycles. The maximum absolute atomic E-state index is 12.2. The molecule has 8 nitrogen and oxygen atoms in total. The van der Waals surface area contributed by atoms with Crippen molar-refractivity contribution >= 4 is 44.8 Å². The topological polar surface area (TPSA) is 99.0 Å². The molecular formula is C15H13BrN2O6S. The number of thiophene rings is 1. The van der Waals surface area contributed by atoms with Crippen LogP contribution in [0.25, 0.3) is 0 Å². The lowest BCUT2D eigenvalue weighted by Crippen LogP contribution is -2.33. The third-order valence-electron chi connectivity index (χ3n) is 3.08. The van der Waals surface area contributed by atoms with Gasteiger partial charge in [-0.3, -0.25) is 14.9 Å². The lowest BCUT2D eigenvalue weighted by molar-refractivity contribution is -0.385. The molecule has 1 heterocycles. The van der Waals surface area contributed by atoms with Gasteiger partial charge in [-0.2, -0.15) is 0 Å². The molecule has 1 aromatic carbocycles. The van der Waals surface area contributed by atoms with Gasteiger partial charge in [0.2, 0.25) is 5.75 Å². The second-order valence-corrected chi connectivity index (χ2v) is 7.29. The first-order valence-corrected chi connectivity index (χ1v) is 8.46. The fraction of sp³-hybridized carbons (Fsp3) is 0.200. The highest BCUT2D eigenvalue weighted by atomic mass is 79.9. The molecule has 132 valence electrons. The van der Waals surface area contributed by atoms with E-state index >= 15 is 0 Å². The van der Waals surface area contributed by atoms with Crippen LogP contribution in [0.15, 0.2) is 34.1 Å². The molecule has 1 amide bonds. The Kier molecular flexibility index (Phi) is 6.10. The number of amides is 1. The third kappa shape index (κ3) is 4.77. The van der Waals surface area contributed by atoms with E-state index in [-0.39, 0.29) is 24.0 Å². The first kappa shape index (κ1) is 18.9. The largest absolute Gasteiger partial charge is 0.496 e. The van der Waals surface area contributed by atoms with Crippen LogP contribution < -0.4 is 9.47 Å². The van der Waals surface area contributed by atoms with Crippen molar-refractivity contribution < 1.29 is 24.0 Å². The van der Waals surface area contributed by atoms with Gasteiger partial charge in [-0.25, -0.2) is 4.79 Å². The SMILES string of the molecule is COc1ccc(OC(=O)CN(C)C(=O)c2ccc(Br)s2)c([N+](=O)[O-])c1. The Labute approximate surface area is 155 Å². The van der Waals surface area contributed by atoms with Crippen molar-refractivity contribution in [3.8, 4) is 11.5 Å². The van der Waals surface area contributed by atoms with Gasteiger partial charge in [0.15, 0.2) is 0 Å². The van der Waals surface area contributed by atoms with E-state index in [1.165, 1.54) is 42.5 Å². The molecule has 0 spiro atoms. The Morgan fingerprint density at radius 3 is 2.60 bits per heavy atom. The van der Waals surface area contributed by atoms with Crippen molar-refractivity contribution in [3.05, 3.63) is 49.1 Å². The van der Waals surface area contributed by atoms with Gasteiger partial charge >= 0.3 is 11.7 Å². The van der Waals surface area contributed by atoms with Gasteiger partial charge in [0, 0.05) is 7.05 Å². The molecule has 0 fully saturated rings. The van der Waals surface area contributed by atoms with Crippen molar-refractivity contribution in [3.63, 3.8) is 0 Å². The summed E-state index contributed by atoms with van der Waals surface area (Å²) in [7, 11) is 2.81. The number of esters is 1. The normalized spacial score (nSPS) is 10.2. The summed E-state index contributed by atoms with van der Waals surface area (Å²) >= 11 is 4.50. The number of halogens is 1. The summed E-state index contributed by atoms with van der Waals surface area (Å²) in [5, 5.41) is 11.1. The molecule has 0 N–H and O–H groups in total. The van der Waals surface area contributed by atoms with Crippen LogP contribution in [-0.2, 0) is 4.79 Å². The minimum Gasteiger partial charge on any atom is -0.496 e. The maximum atomic E-state index is 12.2. The van der Waals surface area contributed by atoms with E-state index in [0.29, 0.717) is 4.88 Å². The number of benzene rings is 1. The molecule has 2 rings (SSSR count). The molecule has 0 aliphatic carbocycles. The molecule has 10 heteroatoms. The molecule has 0 saturated heterocycles. The zero-order valence-corrected chi connectivity index (χ0v) is 15.6. The number of carbonyl (C=O) groups is 2. The van der Waals surface area contributed by atoms with E-state index in [1.807, 2.05) is 0 Å². The highest BCUT2D eigenvalue weighted by molar-refractivity contribution is 9.11. The molecule has 0 saturated carbocycles. The summed E-state index contributed by atoms with van der Waals surface area (Å²) in [6, 6.07) is 7.22. The quantitative estimate of drug-likeness (QED) is 0.303. The Morgan fingerprint density at radius 2 is 2.04 bits per heavy atom. The molecule has 0 bridgehead atoms. The van der Waals surface area contributed by atoms with Gasteiger partial charge in [0.05, 0.1) is 26.8 Å². The van der Waals surface area contributed by atoms with Crippen LogP contribution in [0, 0.1) is 10.1 Å². The Hall–Kier alpha value is -2.46. The van der Waals surface area contributed by atoms with E-state index in [4.69, 9.17) is 9.47 Å². The van der Waals surface area contributed by atoms with E-state index in [1.54, 1.807) is 12.1 Å². The number of hydrogen-bond acceptors (Lipinski definition) is 7. The highest BCUT2D eigenvalue weighted by Crippen LogP contribution is 2.31. The lowest BCUT2D eigenvalue weighted by atomic mass is 10.3. The predicted octanol–water partition coefficient (Wildman–Crippen LogP) is 3.11. The average molecular weight is 429 g/mol. The Morgan fingerprint density at radius 1 is 1.32 bits per heavy atom. The molecule has 0 atom stereocenters. The van der Waals surface area contributed by atoms with Crippen molar-refractivity contribution in [1.29, 1.82) is 0 Å². The van der Waals surface area contributed by atoms with Gasteiger partial charge in [-0.05, 0) is 40.2 Å².